The molecule has 2 aliphatic heterocycles. The maximum atomic E-state index is 13.3. The van der Waals surface area contributed by atoms with Crippen molar-refractivity contribution < 1.29 is 18.0 Å². The number of benzene rings is 1. The molecule has 0 atom stereocenters. The molecule has 0 radical (unpaired) electrons. The number of carbonyl (C=O) groups is 1. The van der Waals surface area contributed by atoms with Gasteiger partial charge in [-0.1, -0.05) is 6.07 Å². The Morgan fingerprint density at radius 3 is 2.48 bits per heavy atom. The van der Waals surface area contributed by atoms with E-state index in [0.29, 0.717) is 31.9 Å². The van der Waals surface area contributed by atoms with Crippen LogP contribution in [0, 0.1) is 0 Å². The van der Waals surface area contributed by atoms with Crippen LogP contribution in [-0.4, -0.2) is 68.9 Å². The molecule has 10 heteroatoms. The molecule has 1 aromatic heterocycles. The van der Waals surface area contributed by atoms with Gasteiger partial charge < -0.3 is 9.80 Å². The molecule has 31 heavy (non-hydrogen) atoms. The van der Waals surface area contributed by atoms with Crippen molar-refractivity contribution in [3.63, 3.8) is 0 Å². The van der Waals surface area contributed by atoms with Gasteiger partial charge in [-0.3, -0.25) is 4.90 Å². The fourth-order valence-electron chi connectivity index (χ4n) is 4.54. The quantitative estimate of drug-likeness (QED) is 0.738. The summed E-state index contributed by atoms with van der Waals surface area (Å²) in [4.78, 5) is 22.6. The maximum Gasteiger partial charge on any atom is 0.416 e. The van der Waals surface area contributed by atoms with Crippen molar-refractivity contribution in [3.05, 3.63) is 42.0 Å². The Morgan fingerprint density at radius 2 is 1.87 bits per heavy atom. The molecule has 2 aliphatic rings. The lowest BCUT2D eigenvalue weighted by Crippen LogP contribution is -2.61. The van der Waals surface area contributed by atoms with Crippen molar-refractivity contribution in [1.29, 1.82) is 0 Å². The Balaban J connectivity index is 1.52. The predicted molar refractivity (Wildman–Crippen MR) is 110 cm³/mol. The minimum absolute atomic E-state index is 0.227. The van der Waals surface area contributed by atoms with Crippen LogP contribution < -0.4 is 4.90 Å². The molecule has 0 saturated carbocycles. The summed E-state index contributed by atoms with van der Waals surface area (Å²) in [5.74, 6) is 0. The van der Waals surface area contributed by atoms with Gasteiger partial charge >= 0.3 is 12.2 Å². The maximum absolute atomic E-state index is 13.3. The summed E-state index contributed by atoms with van der Waals surface area (Å²) >= 11 is 0. The number of hydrogen-bond donors (Lipinski definition) is 0. The first-order valence-corrected chi connectivity index (χ1v) is 10.5. The molecule has 1 amide bonds. The molecule has 4 rings (SSSR count). The second-order valence-electron chi connectivity index (χ2n) is 8.83. The van der Waals surface area contributed by atoms with E-state index in [1.807, 2.05) is 13.8 Å². The highest BCUT2D eigenvalue weighted by molar-refractivity contribution is 5.76. The van der Waals surface area contributed by atoms with Crippen molar-refractivity contribution in [3.8, 4) is 0 Å². The molecule has 0 bridgehead atoms. The number of hydrogen-bond acceptors (Lipinski definition) is 5. The summed E-state index contributed by atoms with van der Waals surface area (Å²) in [5.41, 5.74) is 0.496. The van der Waals surface area contributed by atoms with Crippen molar-refractivity contribution in [1.82, 2.24) is 24.6 Å². The first kappa shape index (κ1) is 21.6. The minimum atomic E-state index is -4.36. The summed E-state index contributed by atoms with van der Waals surface area (Å²) in [6, 6.07) is 3.84. The lowest BCUT2D eigenvalue weighted by Gasteiger charge is -2.47. The average molecular weight is 436 g/mol. The molecule has 2 saturated heterocycles. The van der Waals surface area contributed by atoms with Gasteiger partial charge in [0.2, 0.25) is 0 Å². The van der Waals surface area contributed by atoms with Crippen LogP contribution >= 0.6 is 0 Å². The zero-order valence-electron chi connectivity index (χ0n) is 17.8. The van der Waals surface area contributed by atoms with E-state index >= 15 is 0 Å². The molecule has 1 aromatic carbocycles. The highest BCUT2D eigenvalue weighted by Gasteiger charge is 2.38. The van der Waals surface area contributed by atoms with Crippen LogP contribution in [0.2, 0.25) is 0 Å². The van der Waals surface area contributed by atoms with Gasteiger partial charge in [-0.2, -0.15) is 23.0 Å². The number of aromatic nitrogens is 3. The third-order valence-electron chi connectivity index (χ3n) is 6.08. The molecular formula is C21H27F3N6O. The highest BCUT2D eigenvalue weighted by atomic mass is 19.4. The van der Waals surface area contributed by atoms with Crippen LogP contribution in [0.1, 0.15) is 37.8 Å². The summed E-state index contributed by atoms with van der Waals surface area (Å²) in [5, 5.41) is 3.93. The third kappa shape index (κ3) is 4.53. The molecule has 2 aromatic rings. The first-order chi connectivity index (χ1) is 14.6. The molecule has 3 heterocycles. The highest BCUT2D eigenvalue weighted by Crippen LogP contribution is 2.35. The van der Waals surface area contributed by atoms with E-state index in [-0.39, 0.29) is 6.03 Å². The fourth-order valence-corrected chi connectivity index (χ4v) is 4.54. The SMILES string of the molecule is CC1(C)CN(Cc2ccc(C(F)(F)F)cc2N2CCCC2)CCN1C(=O)n1cncn1. The number of nitrogens with zero attached hydrogens (tertiary/aromatic N) is 6. The van der Waals surface area contributed by atoms with E-state index in [0.717, 1.165) is 31.5 Å². The molecule has 0 N–H and O–H groups in total. The van der Waals surface area contributed by atoms with E-state index in [9.17, 15) is 18.0 Å². The summed E-state index contributed by atoms with van der Waals surface area (Å²) in [6.07, 6.45) is 0.334. The van der Waals surface area contributed by atoms with Gasteiger partial charge in [0.15, 0.2) is 0 Å². The van der Waals surface area contributed by atoms with Gasteiger partial charge in [-0.15, -0.1) is 0 Å². The van der Waals surface area contributed by atoms with E-state index < -0.39 is 17.3 Å². The minimum Gasteiger partial charge on any atom is -0.371 e. The summed E-state index contributed by atoms with van der Waals surface area (Å²) in [6.45, 7) is 7.81. The number of carbonyl (C=O) groups excluding carboxylic acids is 1. The molecule has 0 spiro atoms. The smallest absolute Gasteiger partial charge is 0.371 e. The summed E-state index contributed by atoms with van der Waals surface area (Å²) < 4.78 is 41.1. The van der Waals surface area contributed by atoms with Gasteiger partial charge in [0.05, 0.1) is 11.1 Å². The van der Waals surface area contributed by atoms with Crippen LogP contribution in [0.4, 0.5) is 23.7 Å². The largest absolute Gasteiger partial charge is 0.416 e. The van der Waals surface area contributed by atoms with E-state index in [1.165, 1.54) is 29.5 Å². The first-order valence-electron chi connectivity index (χ1n) is 10.5. The molecule has 168 valence electrons. The van der Waals surface area contributed by atoms with Crippen molar-refractivity contribution >= 4 is 11.7 Å². The lowest BCUT2D eigenvalue weighted by atomic mass is 9.98. The van der Waals surface area contributed by atoms with Gasteiger partial charge in [-0.05, 0) is 44.4 Å². The number of rotatable bonds is 3. The van der Waals surface area contributed by atoms with Gasteiger partial charge in [0.1, 0.15) is 12.7 Å². The monoisotopic (exact) mass is 436 g/mol. The molecule has 0 aliphatic carbocycles. The van der Waals surface area contributed by atoms with E-state index in [2.05, 4.69) is 19.9 Å². The van der Waals surface area contributed by atoms with E-state index in [1.54, 1.807) is 11.0 Å². The number of piperazine rings is 1. The van der Waals surface area contributed by atoms with Gasteiger partial charge in [0, 0.05) is 45.0 Å². The number of halogens is 3. The fraction of sp³-hybridized carbons (Fsp3) is 0.571. The zero-order chi connectivity index (χ0) is 22.2. The molecule has 2 fully saturated rings. The van der Waals surface area contributed by atoms with Gasteiger partial charge in [-0.25, -0.2) is 9.78 Å². The Labute approximate surface area is 179 Å². The third-order valence-corrected chi connectivity index (χ3v) is 6.08. The standard InChI is InChI=1S/C21H27F3N6O/c1-20(2)13-27(9-10-29(20)19(31)30-15-25-14-26-30)12-16-5-6-17(21(22,23)24)11-18(16)28-7-3-4-8-28/h5-6,11,14-15H,3-4,7-10,12-13H2,1-2H3. The number of anilines is 1. The Bertz CT molecular complexity index is 922. The van der Waals surface area contributed by atoms with Crippen LogP contribution in [0.5, 0.6) is 0 Å². The van der Waals surface area contributed by atoms with Crippen LogP contribution in [0.15, 0.2) is 30.9 Å². The normalized spacial score (nSPS) is 19.8. The Morgan fingerprint density at radius 1 is 1.13 bits per heavy atom. The molecular weight excluding hydrogens is 409 g/mol. The van der Waals surface area contributed by atoms with Crippen LogP contribution in [0.3, 0.4) is 0 Å². The van der Waals surface area contributed by atoms with Crippen molar-refractivity contribution in [2.75, 3.05) is 37.6 Å². The zero-order valence-corrected chi connectivity index (χ0v) is 17.8. The summed E-state index contributed by atoms with van der Waals surface area (Å²) in [7, 11) is 0. The van der Waals surface area contributed by atoms with Gasteiger partial charge in [0.25, 0.3) is 0 Å². The van der Waals surface area contributed by atoms with Crippen molar-refractivity contribution in [2.45, 2.75) is 44.9 Å². The molecule has 0 unspecified atom stereocenters. The second kappa shape index (κ2) is 8.14. The number of alkyl halides is 3. The van der Waals surface area contributed by atoms with E-state index in [4.69, 9.17) is 0 Å². The van der Waals surface area contributed by atoms with Crippen molar-refractivity contribution in [2.24, 2.45) is 0 Å². The lowest BCUT2D eigenvalue weighted by molar-refractivity contribution is -0.137. The Hall–Kier alpha value is -2.62. The topological polar surface area (TPSA) is 57.5 Å². The van der Waals surface area contributed by atoms with Crippen LogP contribution in [0.25, 0.3) is 0 Å². The molecule has 7 nitrogen and oxygen atoms in total. The van der Waals surface area contributed by atoms with Crippen LogP contribution in [-0.2, 0) is 12.7 Å². The second-order valence-corrected chi connectivity index (χ2v) is 8.83. The number of amides is 1. The average Bonchev–Trinajstić information content (AvgIpc) is 3.40. The Kier molecular flexibility index (Phi) is 5.67. The predicted octanol–water partition coefficient (Wildman–Crippen LogP) is 3.46.